The lowest BCUT2D eigenvalue weighted by molar-refractivity contribution is 0.0515. The van der Waals surface area contributed by atoms with Gasteiger partial charge in [0.05, 0.1) is 11.8 Å². The second-order valence-corrected chi connectivity index (χ2v) is 5.53. The molecule has 0 spiro atoms. The number of halogens is 2. The van der Waals surface area contributed by atoms with Gasteiger partial charge in [-0.2, -0.15) is 4.98 Å². The van der Waals surface area contributed by atoms with Crippen LogP contribution in [0.15, 0.2) is 6.20 Å². The molecule has 0 aliphatic carbocycles. The minimum Gasteiger partial charge on any atom is -0.388 e. The van der Waals surface area contributed by atoms with E-state index in [0.29, 0.717) is 29.7 Å². The number of rotatable bonds is 5. The van der Waals surface area contributed by atoms with Crippen LogP contribution in [-0.4, -0.2) is 27.2 Å². The molecule has 1 rings (SSSR count). The third kappa shape index (κ3) is 5.06. The van der Waals surface area contributed by atoms with Gasteiger partial charge in [0.2, 0.25) is 5.28 Å². The molecule has 1 aromatic heterocycles. The van der Waals surface area contributed by atoms with Gasteiger partial charge in [0.15, 0.2) is 0 Å². The molecule has 0 radical (unpaired) electrons. The smallest absolute Gasteiger partial charge is 0.224 e. The molecule has 1 aromatic rings. The Morgan fingerprint density at radius 1 is 1.47 bits per heavy atom. The van der Waals surface area contributed by atoms with Gasteiger partial charge < -0.3 is 10.4 Å². The van der Waals surface area contributed by atoms with Gasteiger partial charge in [0.1, 0.15) is 10.8 Å². The maximum Gasteiger partial charge on any atom is 0.224 e. The van der Waals surface area contributed by atoms with Crippen molar-refractivity contribution < 1.29 is 5.11 Å². The first-order valence-electron chi connectivity index (χ1n) is 5.44. The molecule has 0 aromatic carbocycles. The van der Waals surface area contributed by atoms with Gasteiger partial charge in [-0.1, -0.05) is 25.4 Å². The number of nitrogens with one attached hydrogen (secondary N) is 1. The lowest BCUT2D eigenvalue weighted by atomic mass is 9.94. The van der Waals surface area contributed by atoms with Gasteiger partial charge in [-0.25, -0.2) is 4.98 Å². The molecular weight excluding hydrogens is 261 g/mol. The molecule has 2 N–H and O–H groups in total. The fraction of sp³-hybridized carbons (Fsp3) is 0.636. The monoisotopic (exact) mass is 277 g/mol. The van der Waals surface area contributed by atoms with E-state index < -0.39 is 5.60 Å². The Morgan fingerprint density at radius 2 is 2.12 bits per heavy atom. The minimum absolute atomic E-state index is 0.125. The third-order valence-corrected chi connectivity index (χ3v) is 2.66. The van der Waals surface area contributed by atoms with E-state index in [9.17, 15) is 5.11 Å². The van der Waals surface area contributed by atoms with Crippen LogP contribution in [0, 0.1) is 5.92 Å². The standard InChI is InChI=1S/C11H17Cl2N3O/c1-7(2)4-11(3,17)6-15-9-8(12)5-14-10(13)16-9/h5,7,17H,4,6H2,1-3H3,(H,14,15,16). The molecule has 4 nitrogen and oxygen atoms in total. The summed E-state index contributed by atoms with van der Waals surface area (Å²) in [7, 11) is 0. The van der Waals surface area contributed by atoms with Crippen LogP contribution in [0.3, 0.4) is 0 Å². The average Bonchev–Trinajstić information content (AvgIpc) is 2.17. The zero-order chi connectivity index (χ0) is 13.1. The largest absolute Gasteiger partial charge is 0.388 e. The van der Waals surface area contributed by atoms with E-state index in [0.717, 1.165) is 0 Å². The summed E-state index contributed by atoms with van der Waals surface area (Å²) in [5, 5.41) is 13.6. The second kappa shape index (κ2) is 5.85. The Morgan fingerprint density at radius 3 is 2.71 bits per heavy atom. The molecule has 0 fully saturated rings. The number of aromatic nitrogens is 2. The van der Waals surface area contributed by atoms with Crippen molar-refractivity contribution in [1.82, 2.24) is 9.97 Å². The molecular formula is C11H17Cl2N3O. The maximum atomic E-state index is 10.1. The van der Waals surface area contributed by atoms with Crippen LogP contribution in [0.4, 0.5) is 5.82 Å². The van der Waals surface area contributed by atoms with Gasteiger partial charge in [-0.05, 0) is 30.9 Å². The van der Waals surface area contributed by atoms with Gasteiger partial charge in [-0.15, -0.1) is 0 Å². The molecule has 96 valence electrons. The summed E-state index contributed by atoms with van der Waals surface area (Å²) < 4.78 is 0. The van der Waals surface area contributed by atoms with E-state index in [4.69, 9.17) is 23.2 Å². The summed E-state index contributed by atoms with van der Waals surface area (Å²) in [6.07, 6.45) is 2.12. The summed E-state index contributed by atoms with van der Waals surface area (Å²) >= 11 is 11.6. The van der Waals surface area contributed by atoms with Crippen molar-refractivity contribution in [2.75, 3.05) is 11.9 Å². The number of aliphatic hydroxyl groups is 1. The normalized spacial score (nSPS) is 14.8. The third-order valence-electron chi connectivity index (χ3n) is 2.20. The van der Waals surface area contributed by atoms with Crippen molar-refractivity contribution in [2.45, 2.75) is 32.8 Å². The molecule has 0 aliphatic rings. The van der Waals surface area contributed by atoms with Gasteiger partial charge >= 0.3 is 0 Å². The van der Waals surface area contributed by atoms with Crippen molar-refractivity contribution in [3.8, 4) is 0 Å². The number of nitrogens with zero attached hydrogens (tertiary/aromatic N) is 2. The summed E-state index contributed by atoms with van der Waals surface area (Å²) in [6, 6.07) is 0. The van der Waals surface area contributed by atoms with Crippen LogP contribution in [0.25, 0.3) is 0 Å². The zero-order valence-corrected chi connectivity index (χ0v) is 11.7. The Hall–Kier alpha value is -0.580. The van der Waals surface area contributed by atoms with Gasteiger partial charge in [0, 0.05) is 6.54 Å². The topological polar surface area (TPSA) is 58.0 Å². The molecule has 1 unspecified atom stereocenters. The molecule has 6 heteroatoms. The summed E-state index contributed by atoms with van der Waals surface area (Å²) in [5.74, 6) is 0.854. The molecule has 17 heavy (non-hydrogen) atoms. The van der Waals surface area contributed by atoms with Crippen LogP contribution in [0.5, 0.6) is 0 Å². The van der Waals surface area contributed by atoms with E-state index in [1.165, 1.54) is 6.20 Å². The average molecular weight is 278 g/mol. The highest BCUT2D eigenvalue weighted by Gasteiger charge is 2.22. The lowest BCUT2D eigenvalue weighted by Gasteiger charge is -2.26. The van der Waals surface area contributed by atoms with Crippen molar-refractivity contribution >= 4 is 29.0 Å². The van der Waals surface area contributed by atoms with Gasteiger partial charge in [-0.3, -0.25) is 0 Å². The van der Waals surface area contributed by atoms with Crippen LogP contribution in [0.2, 0.25) is 10.3 Å². The first kappa shape index (κ1) is 14.5. The highest BCUT2D eigenvalue weighted by Crippen LogP contribution is 2.22. The fourth-order valence-electron chi connectivity index (χ4n) is 1.70. The zero-order valence-electron chi connectivity index (χ0n) is 10.2. The van der Waals surface area contributed by atoms with E-state index >= 15 is 0 Å². The Bertz CT molecular complexity index is 383. The second-order valence-electron chi connectivity index (χ2n) is 4.78. The molecule has 1 heterocycles. The highest BCUT2D eigenvalue weighted by atomic mass is 35.5. The summed E-state index contributed by atoms with van der Waals surface area (Å²) in [4.78, 5) is 7.71. The SMILES string of the molecule is CC(C)CC(C)(O)CNc1nc(Cl)ncc1Cl. The first-order valence-corrected chi connectivity index (χ1v) is 6.20. The quantitative estimate of drug-likeness (QED) is 0.813. The molecule has 0 saturated carbocycles. The highest BCUT2D eigenvalue weighted by molar-refractivity contribution is 6.33. The maximum absolute atomic E-state index is 10.1. The van der Waals surface area contributed by atoms with Crippen molar-refractivity contribution in [1.29, 1.82) is 0 Å². The molecule has 0 amide bonds. The summed E-state index contributed by atoms with van der Waals surface area (Å²) in [6.45, 7) is 6.25. The molecule has 1 atom stereocenters. The van der Waals surface area contributed by atoms with Crippen LogP contribution >= 0.6 is 23.2 Å². The Labute approximate surface area is 111 Å². The lowest BCUT2D eigenvalue weighted by Crippen LogP contribution is -2.35. The van der Waals surface area contributed by atoms with Crippen LogP contribution < -0.4 is 5.32 Å². The van der Waals surface area contributed by atoms with Crippen molar-refractivity contribution in [3.05, 3.63) is 16.5 Å². The molecule has 0 aliphatic heterocycles. The fourth-order valence-corrected chi connectivity index (χ4v) is 1.99. The van der Waals surface area contributed by atoms with E-state index in [2.05, 4.69) is 29.1 Å². The number of hydrogen-bond acceptors (Lipinski definition) is 4. The Kier molecular flexibility index (Phi) is 4.98. The first-order chi connectivity index (χ1) is 7.80. The number of hydrogen-bond donors (Lipinski definition) is 2. The minimum atomic E-state index is -0.811. The predicted molar refractivity (Wildman–Crippen MR) is 70.6 cm³/mol. The summed E-state index contributed by atoms with van der Waals surface area (Å²) in [5.41, 5.74) is -0.811. The Balaban J connectivity index is 2.63. The van der Waals surface area contributed by atoms with Crippen molar-refractivity contribution in [3.63, 3.8) is 0 Å². The predicted octanol–water partition coefficient (Wildman–Crippen LogP) is 2.99. The van der Waals surface area contributed by atoms with Crippen LogP contribution in [0.1, 0.15) is 27.2 Å². The van der Waals surface area contributed by atoms with Gasteiger partial charge in [0.25, 0.3) is 0 Å². The molecule has 0 saturated heterocycles. The number of anilines is 1. The molecule has 0 bridgehead atoms. The van der Waals surface area contributed by atoms with Crippen LogP contribution in [-0.2, 0) is 0 Å². The van der Waals surface area contributed by atoms with E-state index in [1.807, 2.05) is 0 Å². The van der Waals surface area contributed by atoms with E-state index in [-0.39, 0.29) is 5.28 Å². The van der Waals surface area contributed by atoms with Crippen molar-refractivity contribution in [2.24, 2.45) is 5.92 Å². The van der Waals surface area contributed by atoms with E-state index in [1.54, 1.807) is 6.92 Å².